The SMILES string of the molecule is CCOC(=O)C[C@H](N[S@@+]([O-])C(C)(C)C)c1cnc2ccccc2c1. The van der Waals surface area contributed by atoms with Crippen LogP contribution < -0.4 is 4.72 Å². The number of hydrogen-bond acceptors (Lipinski definition) is 5. The van der Waals surface area contributed by atoms with Gasteiger partial charge in [0.25, 0.3) is 0 Å². The van der Waals surface area contributed by atoms with Crippen molar-refractivity contribution in [2.75, 3.05) is 6.61 Å². The zero-order valence-corrected chi connectivity index (χ0v) is 15.4. The molecule has 2 aromatic rings. The molecule has 0 saturated carbocycles. The molecule has 0 aliphatic heterocycles. The van der Waals surface area contributed by atoms with Crippen LogP contribution in [0.4, 0.5) is 0 Å². The number of nitrogens with zero attached hydrogens (tertiary/aromatic N) is 1. The Hall–Kier alpha value is -1.63. The first-order valence-corrected chi connectivity index (χ1v) is 9.14. The molecule has 0 aliphatic carbocycles. The van der Waals surface area contributed by atoms with Crippen molar-refractivity contribution in [2.45, 2.75) is 44.9 Å². The van der Waals surface area contributed by atoms with Gasteiger partial charge in [-0.05, 0) is 45.4 Å². The van der Waals surface area contributed by atoms with Crippen LogP contribution in [0, 0.1) is 0 Å². The number of benzene rings is 1. The highest BCUT2D eigenvalue weighted by Gasteiger charge is 2.31. The number of para-hydroxylation sites is 1. The van der Waals surface area contributed by atoms with Gasteiger partial charge in [0.15, 0.2) is 0 Å². The topological polar surface area (TPSA) is 74.3 Å². The van der Waals surface area contributed by atoms with Gasteiger partial charge in [0.1, 0.15) is 4.75 Å². The third-order valence-electron chi connectivity index (χ3n) is 3.50. The maximum absolute atomic E-state index is 12.5. The predicted octanol–water partition coefficient (Wildman–Crippen LogP) is 3.28. The van der Waals surface area contributed by atoms with Gasteiger partial charge in [-0.15, -0.1) is 4.72 Å². The molecular weight excluding hydrogens is 324 g/mol. The third kappa shape index (κ3) is 4.93. The number of carbonyl (C=O) groups excluding carboxylic acids is 1. The van der Waals surface area contributed by atoms with E-state index < -0.39 is 22.2 Å². The van der Waals surface area contributed by atoms with Gasteiger partial charge in [-0.2, -0.15) is 0 Å². The highest BCUT2D eigenvalue weighted by atomic mass is 32.2. The average Bonchev–Trinajstić information content (AvgIpc) is 2.53. The quantitative estimate of drug-likeness (QED) is 0.640. The summed E-state index contributed by atoms with van der Waals surface area (Å²) in [5.41, 5.74) is 1.70. The fraction of sp³-hybridized carbons (Fsp3) is 0.444. The van der Waals surface area contributed by atoms with E-state index in [9.17, 15) is 9.35 Å². The zero-order chi connectivity index (χ0) is 17.7. The van der Waals surface area contributed by atoms with Crippen LogP contribution in [-0.4, -0.2) is 26.9 Å². The van der Waals surface area contributed by atoms with Crippen LogP contribution in [0.2, 0.25) is 0 Å². The molecule has 1 heterocycles. The molecule has 1 N–H and O–H groups in total. The molecular formula is C18H24N2O3S. The third-order valence-corrected chi connectivity index (χ3v) is 5.11. The maximum atomic E-state index is 12.5. The van der Waals surface area contributed by atoms with E-state index in [0.717, 1.165) is 16.5 Å². The number of carbonyl (C=O) groups is 1. The summed E-state index contributed by atoms with van der Waals surface area (Å²) in [6.45, 7) is 7.75. The molecule has 24 heavy (non-hydrogen) atoms. The average molecular weight is 348 g/mol. The number of nitrogens with one attached hydrogen (secondary N) is 1. The molecule has 1 aromatic heterocycles. The van der Waals surface area contributed by atoms with Crippen molar-refractivity contribution in [1.29, 1.82) is 0 Å². The van der Waals surface area contributed by atoms with Crippen LogP contribution in [0.1, 0.15) is 45.7 Å². The molecule has 0 unspecified atom stereocenters. The van der Waals surface area contributed by atoms with Crippen molar-refractivity contribution < 1.29 is 14.1 Å². The van der Waals surface area contributed by atoms with Gasteiger partial charge >= 0.3 is 5.97 Å². The first-order chi connectivity index (χ1) is 11.3. The Morgan fingerprint density at radius 2 is 2.08 bits per heavy atom. The van der Waals surface area contributed by atoms with E-state index in [2.05, 4.69) is 9.71 Å². The van der Waals surface area contributed by atoms with Crippen LogP contribution >= 0.6 is 0 Å². The van der Waals surface area contributed by atoms with E-state index >= 15 is 0 Å². The number of ether oxygens (including phenoxy) is 1. The number of hydrogen-bond donors (Lipinski definition) is 1. The fourth-order valence-corrected chi connectivity index (χ4v) is 3.03. The first kappa shape index (κ1) is 18.7. The summed E-state index contributed by atoms with van der Waals surface area (Å²) in [7, 11) is 0. The van der Waals surface area contributed by atoms with Gasteiger partial charge in [0.2, 0.25) is 0 Å². The monoisotopic (exact) mass is 348 g/mol. The maximum Gasteiger partial charge on any atom is 0.307 e. The van der Waals surface area contributed by atoms with E-state index in [-0.39, 0.29) is 12.4 Å². The Kier molecular flexibility index (Phi) is 6.21. The van der Waals surface area contributed by atoms with Crippen molar-refractivity contribution in [3.8, 4) is 0 Å². The summed E-state index contributed by atoms with van der Waals surface area (Å²) in [4.78, 5) is 16.4. The molecule has 130 valence electrons. The summed E-state index contributed by atoms with van der Waals surface area (Å²) in [5, 5.41) is 0.979. The van der Waals surface area contributed by atoms with Crippen LogP contribution in [0.15, 0.2) is 36.5 Å². The zero-order valence-electron chi connectivity index (χ0n) is 14.5. The first-order valence-electron chi connectivity index (χ1n) is 7.99. The van der Waals surface area contributed by atoms with Gasteiger partial charge in [-0.1, -0.05) is 18.2 Å². The molecule has 0 fully saturated rings. The summed E-state index contributed by atoms with van der Waals surface area (Å²) in [6.07, 6.45) is 1.83. The normalized spacial score (nSPS) is 14.4. The highest BCUT2D eigenvalue weighted by molar-refractivity contribution is 7.90. The van der Waals surface area contributed by atoms with E-state index in [4.69, 9.17) is 4.74 Å². The molecule has 0 saturated heterocycles. The molecule has 2 rings (SSSR count). The summed E-state index contributed by atoms with van der Waals surface area (Å²) in [5.74, 6) is -0.325. The van der Waals surface area contributed by atoms with Crippen molar-refractivity contribution in [3.63, 3.8) is 0 Å². The molecule has 0 amide bonds. The molecule has 0 aliphatic rings. The summed E-state index contributed by atoms with van der Waals surface area (Å²) < 4.78 is 20.2. The Morgan fingerprint density at radius 3 is 2.75 bits per heavy atom. The van der Waals surface area contributed by atoms with Gasteiger partial charge in [-0.3, -0.25) is 9.78 Å². The Bertz CT molecular complexity index is 700. The van der Waals surface area contributed by atoms with Crippen LogP contribution in [0.5, 0.6) is 0 Å². The fourth-order valence-electron chi connectivity index (χ4n) is 2.20. The van der Waals surface area contributed by atoms with E-state index in [1.54, 1.807) is 13.1 Å². The highest BCUT2D eigenvalue weighted by Crippen LogP contribution is 2.25. The van der Waals surface area contributed by atoms with E-state index in [1.165, 1.54) is 0 Å². The second-order valence-electron chi connectivity index (χ2n) is 6.52. The van der Waals surface area contributed by atoms with Gasteiger partial charge < -0.3 is 9.29 Å². The Balaban J connectivity index is 2.30. The lowest BCUT2D eigenvalue weighted by Gasteiger charge is -2.27. The van der Waals surface area contributed by atoms with E-state index in [1.807, 2.05) is 51.1 Å². The number of pyridine rings is 1. The molecule has 0 spiro atoms. The second-order valence-corrected chi connectivity index (χ2v) is 8.52. The predicted molar refractivity (Wildman–Crippen MR) is 96.8 cm³/mol. The number of aromatic nitrogens is 1. The molecule has 0 bridgehead atoms. The molecule has 1 aromatic carbocycles. The van der Waals surface area contributed by atoms with Gasteiger partial charge in [0, 0.05) is 22.9 Å². The van der Waals surface area contributed by atoms with Crippen molar-refractivity contribution in [1.82, 2.24) is 9.71 Å². The molecule has 0 radical (unpaired) electrons. The van der Waals surface area contributed by atoms with Crippen molar-refractivity contribution >= 4 is 28.2 Å². The molecule has 5 nitrogen and oxygen atoms in total. The van der Waals surface area contributed by atoms with E-state index in [0.29, 0.717) is 6.61 Å². The van der Waals surface area contributed by atoms with Crippen LogP contribution in [-0.2, 0) is 20.9 Å². The number of esters is 1. The Morgan fingerprint density at radius 1 is 1.38 bits per heavy atom. The number of fused-ring (bicyclic) bond motifs is 1. The lowest BCUT2D eigenvalue weighted by atomic mass is 10.0. The Labute approximate surface area is 146 Å². The van der Waals surface area contributed by atoms with Crippen LogP contribution in [0.25, 0.3) is 10.9 Å². The van der Waals surface area contributed by atoms with Gasteiger partial charge in [-0.25, -0.2) is 0 Å². The second kappa shape index (κ2) is 7.96. The van der Waals surface area contributed by atoms with Gasteiger partial charge in [0.05, 0.1) is 24.6 Å². The van der Waals surface area contributed by atoms with Crippen molar-refractivity contribution in [2.24, 2.45) is 0 Å². The van der Waals surface area contributed by atoms with Crippen LogP contribution in [0.3, 0.4) is 0 Å². The minimum Gasteiger partial charge on any atom is -0.598 e. The molecule has 6 heteroatoms. The summed E-state index contributed by atoms with van der Waals surface area (Å²) >= 11 is -1.31. The standard InChI is InChI=1S/C18H24N2O3S/c1-5-23-17(21)11-16(20-24(22)18(2,3)4)14-10-13-8-6-7-9-15(13)19-12-14/h6-10,12,16,20H,5,11H2,1-4H3/t16-,24-/m0/s1. The largest absolute Gasteiger partial charge is 0.598 e. The lowest BCUT2D eigenvalue weighted by Crippen LogP contribution is -2.42. The smallest absolute Gasteiger partial charge is 0.307 e. The molecule has 2 atom stereocenters. The lowest BCUT2D eigenvalue weighted by molar-refractivity contribution is -0.143. The minimum atomic E-state index is -1.31. The van der Waals surface area contributed by atoms with Crippen molar-refractivity contribution in [3.05, 3.63) is 42.1 Å². The summed E-state index contributed by atoms with van der Waals surface area (Å²) in [6, 6.07) is 9.32. The number of rotatable bonds is 6. The minimum absolute atomic E-state index is 0.107.